The van der Waals surface area contributed by atoms with E-state index >= 15 is 0 Å². The fraction of sp³-hybridized carbons (Fsp3) is 0.167. The van der Waals surface area contributed by atoms with Crippen molar-refractivity contribution in [2.75, 3.05) is 0 Å². The molecule has 0 radical (unpaired) electrons. The summed E-state index contributed by atoms with van der Waals surface area (Å²) in [6.07, 6.45) is 4.76. The van der Waals surface area contributed by atoms with Gasteiger partial charge in [0.1, 0.15) is 0 Å². The SMILES string of the molecule is CC/C=C/c1cccc2[nH]c(=O)[nH]c(=O)c12. The first-order valence-corrected chi connectivity index (χ1v) is 5.14. The summed E-state index contributed by atoms with van der Waals surface area (Å²) >= 11 is 0. The zero-order chi connectivity index (χ0) is 11.5. The molecular formula is C12H12N2O2. The number of aromatic amines is 2. The van der Waals surface area contributed by atoms with Gasteiger partial charge in [-0.1, -0.05) is 31.2 Å². The molecule has 0 fully saturated rings. The predicted molar refractivity (Wildman–Crippen MR) is 64.5 cm³/mol. The van der Waals surface area contributed by atoms with E-state index in [0.29, 0.717) is 10.9 Å². The molecule has 0 unspecified atom stereocenters. The van der Waals surface area contributed by atoms with Crippen LogP contribution >= 0.6 is 0 Å². The van der Waals surface area contributed by atoms with E-state index in [-0.39, 0.29) is 5.56 Å². The summed E-state index contributed by atoms with van der Waals surface area (Å²) < 4.78 is 0. The Hall–Kier alpha value is -2.10. The summed E-state index contributed by atoms with van der Waals surface area (Å²) in [5.41, 5.74) is 0.549. The minimum Gasteiger partial charge on any atom is -0.307 e. The van der Waals surface area contributed by atoms with Crippen LogP contribution in [0.3, 0.4) is 0 Å². The first-order chi connectivity index (χ1) is 7.72. The molecule has 82 valence electrons. The fourth-order valence-electron chi connectivity index (χ4n) is 1.63. The van der Waals surface area contributed by atoms with Gasteiger partial charge in [0.05, 0.1) is 10.9 Å². The molecule has 2 rings (SSSR count). The number of nitrogens with one attached hydrogen (secondary N) is 2. The Morgan fingerprint density at radius 2 is 2.06 bits per heavy atom. The van der Waals surface area contributed by atoms with E-state index in [9.17, 15) is 9.59 Å². The number of allylic oxidation sites excluding steroid dienone is 1. The molecule has 0 saturated heterocycles. The number of hydrogen-bond acceptors (Lipinski definition) is 2. The van der Waals surface area contributed by atoms with Gasteiger partial charge in [-0.25, -0.2) is 4.79 Å². The van der Waals surface area contributed by atoms with Crippen molar-refractivity contribution in [3.63, 3.8) is 0 Å². The van der Waals surface area contributed by atoms with Crippen molar-refractivity contribution < 1.29 is 0 Å². The smallest absolute Gasteiger partial charge is 0.307 e. The molecule has 0 spiro atoms. The van der Waals surface area contributed by atoms with Gasteiger partial charge in [0, 0.05) is 0 Å². The van der Waals surface area contributed by atoms with Crippen LogP contribution in [0.15, 0.2) is 33.9 Å². The van der Waals surface area contributed by atoms with Gasteiger partial charge in [-0.2, -0.15) is 0 Å². The van der Waals surface area contributed by atoms with E-state index in [0.717, 1.165) is 12.0 Å². The van der Waals surface area contributed by atoms with Gasteiger partial charge < -0.3 is 4.98 Å². The molecule has 0 amide bonds. The average molecular weight is 216 g/mol. The highest BCUT2D eigenvalue weighted by Crippen LogP contribution is 2.13. The van der Waals surface area contributed by atoms with Crippen molar-refractivity contribution in [3.05, 3.63) is 50.7 Å². The van der Waals surface area contributed by atoms with Crippen molar-refractivity contribution >= 4 is 17.0 Å². The van der Waals surface area contributed by atoms with Crippen LogP contribution in [-0.4, -0.2) is 9.97 Å². The largest absolute Gasteiger partial charge is 0.326 e. The van der Waals surface area contributed by atoms with E-state index < -0.39 is 5.69 Å². The Morgan fingerprint density at radius 1 is 1.25 bits per heavy atom. The molecule has 0 aliphatic heterocycles. The van der Waals surface area contributed by atoms with E-state index in [2.05, 4.69) is 9.97 Å². The minimum absolute atomic E-state index is 0.352. The Morgan fingerprint density at radius 3 is 2.81 bits per heavy atom. The molecule has 1 heterocycles. The molecule has 0 atom stereocenters. The summed E-state index contributed by atoms with van der Waals surface area (Å²) in [6, 6.07) is 5.38. The topological polar surface area (TPSA) is 65.7 Å². The summed E-state index contributed by atoms with van der Waals surface area (Å²) in [6.45, 7) is 2.02. The minimum atomic E-state index is -0.478. The maximum absolute atomic E-state index is 11.7. The molecule has 0 saturated carbocycles. The maximum Gasteiger partial charge on any atom is 0.326 e. The molecule has 1 aromatic heterocycles. The number of H-pyrrole nitrogens is 2. The Kier molecular flexibility index (Phi) is 2.72. The van der Waals surface area contributed by atoms with Crippen LogP contribution in [0.2, 0.25) is 0 Å². The molecule has 16 heavy (non-hydrogen) atoms. The van der Waals surface area contributed by atoms with Gasteiger partial charge in [0.25, 0.3) is 5.56 Å². The Balaban J connectivity index is 2.82. The monoisotopic (exact) mass is 216 g/mol. The normalized spacial score (nSPS) is 11.3. The van der Waals surface area contributed by atoms with Crippen LogP contribution in [-0.2, 0) is 0 Å². The third-order valence-corrected chi connectivity index (χ3v) is 2.33. The Bertz CT molecular complexity index is 650. The Labute approximate surface area is 91.6 Å². The van der Waals surface area contributed by atoms with Gasteiger partial charge >= 0.3 is 5.69 Å². The lowest BCUT2D eigenvalue weighted by atomic mass is 10.1. The molecule has 0 aliphatic rings. The highest BCUT2D eigenvalue weighted by Gasteiger charge is 2.03. The fourth-order valence-corrected chi connectivity index (χ4v) is 1.63. The summed E-state index contributed by atoms with van der Waals surface area (Å²) in [7, 11) is 0. The van der Waals surface area contributed by atoms with Crippen LogP contribution in [0.5, 0.6) is 0 Å². The highest BCUT2D eigenvalue weighted by molar-refractivity contribution is 5.86. The van der Waals surface area contributed by atoms with Crippen molar-refractivity contribution in [2.24, 2.45) is 0 Å². The summed E-state index contributed by atoms with van der Waals surface area (Å²) in [5, 5.41) is 0.520. The second-order valence-electron chi connectivity index (χ2n) is 3.49. The number of fused-ring (bicyclic) bond motifs is 1. The highest BCUT2D eigenvalue weighted by atomic mass is 16.2. The van der Waals surface area contributed by atoms with E-state index in [1.54, 1.807) is 6.07 Å². The first-order valence-electron chi connectivity index (χ1n) is 5.14. The molecule has 4 nitrogen and oxygen atoms in total. The summed E-state index contributed by atoms with van der Waals surface area (Å²) in [5.74, 6) is 0. The number of benzene rings is 1. The second-order valence-corrected chi connectivity index (χ2v) is 3.49. The van der Waals surface area contributed by atoms with Gasteiger partial charge in [-0.15, -0.1) is 0 Å². The van der Waals surface area contributed by atoms with Gasteiger partial charge in [-0.3, -0.25) is 9.78 Å². The van der Waals surface area contributed by atoms with E-state index in [1.807, 2.05) is 31.2 Å². The molecular weight excluding hydrogens is 204 g/mol. The number of aromatic nitrogens is 2. The zero-order valence-corrected chi connectivity index (χ0v) is 8.91. The quantitative estimate of drug-likeness (QED) is 0.801. The van der Waals surface area contributed by atoms with Gasteiger partial charge in [0.15, 0.2) is 0 Å². The lowest BCUT2D eigenvalue weighted by Gasteiger charge is -2.00. The van der Waals surface area contributed by atoms with Crippen molar-refractivity contribution in [1.29, 1.82) is 0 Å². The standard InChI is InChI=1S/C12H12N2O2/c1-2-3-5-8-6-4-7-9-10(8)11(15)14-12(16)13-9/h3-7H,2H2,1H3,(H2,13,14,15,16)/b5-3+. The predicted octanol–water partition coefficient (Wildman–Crippen LogP) is 1.64. The first kappa shape index (κ1) is 10.4. The third kappa shape index (κ3) is 1.82. The lowest BCUT2D eigenvalue weighted by Crippen LogP contribution is -2.22. The van der Waals surface area contributed by atoms with Crippen molar-refractivity contribution in [2.45, 2.75) is 13.3 Å². The number of hydrogen-bond donors (Lipinski definition) is 2. The molecule has 0 aliphatic carbocycles. The maximum atomic E-state index is 11.7. The number of rotatable bonds is 2. The van der Waals surface area contributed by atoms with Crippen LogP contribution in [0.25, 0.3) is 17.0 Å². The molecule has 2 aromatic rings. The van der Waals surface area contributed by atoms with Gasteiger partial charge in [0.2, 0.25) is 0 Å². The second kappa shape index (κ2) is 4.18. The molecule has 1 aromatic carbocycles. The van der Waals surface area contributed by atoms with Gasteiger partial charge in [-0.05, 0) is 18.1 Å². The van der Waals surface area contributed by atoms with Crippen LogP contribution in [0, 0.1) is 0 Å². The van der Waals surface area contributed by atoms with Crippen molar-refractivity contribution in [1.82, 2.24) is 9.97 Å². The molecule has 2 N–H and O–H groups in total. The average Bonchev–Trinajstić information content (AvgIpc) is 2.25. The van der Waals surface area contributed by atoms with E-state index in [1.165, 1.54) is 0 Å². The zero-order valence-electron chi connectivity index (χ0n) is 8.91. The van der Waals surface area contributed by atoms with Crippen molar-refractivity contribution in [3.8, 4) is 0 Å². The van der Waals surface area contributed by atoms with E-state index in [4.69, 9.17) is 0 Å². The lowest BCUT2D eigenvalue weighted by molar-refractivity contribution is 1.08. The van der Waals surface area contributed by atoms with Crippen LogP contribution in [0.4, 0.5) is 0 Å². The molecule has 0 bridgehead atoms. The third-order valence-electron chi connectivity index (χ3n) is 2.33. The van der Waals surface area contributed by atoms with Crippen LogP contribution in [0.1, 0.15) is 18.9 Å². The summed E-state index contributed by atoms with van der Waals surface area (Å²) in [4.78, 5) is 27.6. The van der Waals surface area contributed by atoms with Crippen LogP contribution < -0.4 is 11.2 Å². The molecule has 4 heteroatoms.